The molecule has 0 fully saturated rings. The van der Waals surface area contributed by atoms with E-state index >= 15 is 0 Å². The highest BCUT2D eigenvalue weighted by molar-refractivity contribution is 7.52. The molecule has 0 radical (unpaired) electrons. The first-order valence-corrected chi connectivity index (χ1v) is 16.0. The largest absolute Gasteiger partial charge is 0.462 e. The van der Waals surface area contributed by atoms with Gasteiger partial charge in [0.05, 0.1) is 29.3 Å². The molecule has 4 rings (SSSR count). The van der Waals surface area contributed by atoms with Gasteiger partial charge < -0.3 is 24.3 Å². The van der Waals surface area contributed by atoms with Crippen molar-refractivity contribution in [2.45, 2.75) is 72.8 Å². The van der Waals surface area contributed by atoms with Gasteiger partial charge in [-0.15, -0.1) is 0 Å². The van der Waals surface area contributed by atoms with Crippen molar-refractivity contribution < 1.29 is 27.9 Å². The highest BCUT2D eigenvalue weighted by atomic mass is 31.2. The molecular formula is C31H42N5O6P. The van der Waals surface area contributed by atoms with Crippen LogP contribution < -0.4 is 15.3 Å². The van der Waals surface area contributed by atoms with E-state index in [9.17, 15) is 9.36 Å². The van der Waals surface area contributed by atoms with E-state index in [1.807, 2.05) is 58.0 Å². The predicted molar refractivity (Wildman–Crippen MR) is 168 cm³/mol. The van der Waals surface area contributed by atoms with Crippen LogP contribution in [-0.4, -0.2) is 45.9 Å². The van der Waals surface area contributed by atoms with Crippen LogP contribution in [0.5, 0.6) is 5.75 Å². The third-order valence-corrected chi connectivity index (χ3v) is 8.96. The molecule has 43 heavy (non-hydrogen) atoms. The third kappa shape index (κ3) is 7.18. The summed E-state index contributed by atoms with van der Waals surface area (Å²) in [6.07, 6.45) is -0.341. The average Bonchev–Trinajstić information content (AvgIpc) is 3.36. The maximum Gasteiger partial charge on any atom is 0.459 e. The second-order valence-corrected chi connectivity index (χ2v) is 12.9. The Labute approximate surface area is 252 Å². The lowest BCUT2D eigenvalue weighted by atomic mass is 9.88. The number of pyridine rings is 1. The molecule has 0 amide bonds. The molecule has 3 N–H and O–H groups in total. The van der Waals surface area contributed by atoms with E-state index in [1.165, 1.54) is 0 Å². The number of hydrogen-bond acceptors (Lipinski definition) is 9. The Morgan fingerprint density at radius 3 is 2.37 bits per heavy atom. The lowest BCUT2D eigenvalue weighted by Crippen LogP contribution is -2.43. The average molecular weight is 612 g/mol. The number of para-hydroxylation sites is 2. The zero-order valence-electron chi connectivity index (χ0n) is 25.9. The standard InChI is InChI=1S/C31H42N5O6P/c1-8-39-18-26-34-27-28(24-16-12-13-17-25(24)33-29(27)32)36(26)31(7,20(2)3)19-40-43(38,42-23-14-10-9-11-15-23)35-22(6)30(37)41-21(4)5/h9-17,20-22H,8,18-19H2,1-7H3,(H2,32,33)(H,35,38)/t22-,31?,43-/m0/s1. The molecule has 0 aliphatic heterocycles. The summed E-state index contributed by atoms with van der Waals surface area (Å²) in [7, 11) is -4.14. The van der Waals surface area contributed by atoms with E-state index in [4.69, 9.17) is 29.2 Å². The van der Waals surface area contributed by atoms with Crippen molar-refractivity contribution in [1.29, 1.82) is 0 Å². The molecule has 12 heteroatoms. The molecule has 0 aliphatic carbocycles. The van der Waals surface area contributed by atoms with E-state index in [1.54, 1.807) is 45.0 Å². The fraction of sp³-hybridized carbons (Fsp3) is 0.452. The zero-order chi connectivity index (χ0) is 31.4. The molecule has 3 atom stereocenters. The summed E-state index contributed by atoms with van der Waals surface area (Å²) in [5.41, 5.74) is 7.63. The first-order chi connectivity index (χ1) is 20.4. The second kappa shape index (κ2) is 13.4. The van der Waals surface area contributed by atoms with Crippen LogP contribution in [0.1, 0.15) is 54.3 Å². The number of esters is 1. The smallest absolute Gasteiger partial charge is 0.459 e. The summed E-state index contributed by atoms with van der Waals surface area (Å²) in [5, 5.41) is 3.65. The number of benzene rings is 2. The second-order valence-electron chi connectivity index (χ2n) is 11.2. The minimum Gasteiger partial charge on any atom is -0.462 e. The van der Waals surface area contributed by atoms with Crippen LogP contribution in [0.3, 0.4) is 0 Å². The molecular weight excluding hydrogens is 569 g/mol. The van der Waals surface area contributed by atoms with E-state index < -0.39 is 25.3 Å². The van der Waals surface area contributed by atoms with Gasteiger partial charge in [-0.25, -0.2) is 14.5 Å². The van der Waals surface area contributed by atoms with E-state index in [-0.39, 0.29) is 25.2 Å². The summed E-state index contributed by atoms with van der Waals surface area (Å²) >= 11 is 0. The number of ether oxygens (including phenoxy) is 2. The number of nitrogens with zero attached hydrogens (tertiary/aromatic N) is 3. The maximum absolute atomic E-state index is 14.4. The quantitative estimate of drug-likeness (QED) is 0.125. The van der Waals surface area contributed by atoms with Gasteiger partial charge in [0.25, 0.3) is 0 Å². The van der Waals surface area contributed by atoms with Crippen LogP contribution in [0.15, 0.2) is 54.6 Å². The van der Waals surface area contributed by atoms with Crippen molar-refractivity contribution in [2.24, 2.45) is 5.92 Å². The van der Waals surface area contributed by atoms with Crippen molar-refractivity contribution in [3.8, 4) is 5.75 Å². The number of hydrogen-bond donors (Lipinski definition) is 2. The molecule has 1 unspecified atom stereocenters. The number of nitrogens with one attached hydrogen (secondary N) is 1. The fourth-order valence-electron chi connectivity index (χ4n) is 4.73. The van der Waals surface area contributed by atoms with Gasteiger partial charge in [0.2, 0.25) is 0 Å². The van der Waals surface area contributed by atoms with Gasteiger partial charge in [0.15, 0.2) is 5.82 Å². The summed E-state index contributed by atoms with van der Waals surface area (Å²) in [6, 6.07) is 15.4. The lowest BCUT2D eigenvalue weighted by molar-refractivity contribution is -0.149. The van der Waals surface area contributed by atoms with Crippen molar-refractivity contribution in [1.82, 2.24) is 19.6 Å². The Bertz CT molecular complexity index is 1610. The van der Waals surface area contributed by atoms with Gasteiger partial charge in [0.1, 0.15) is 29.7 Å². The van der Waals surface area contributed by atoms with Gasteiger partial charge in [-0.2, -0.15) is 5.09 Å². The van der Waals surface area contributed by atoms with E-state index in [2.05, 4.69) is 14.6 Å². The molecule has 0 saturated heterocycles. The number of carbonyl (C=O) groups excluding carboxylic acids is 1. The Hall–Kier alpha value is -3.50. The zero-order valence-corrected chi connectivity index (χ0v) is 26.8. The normalized spacial score (nSPS) is 15.5. The molecule has 11 nitrogen and oxygen atoms in total. The molecule has 0 bridgehead atoms. The minimum atomic E-state index is -4.14. The van der Waals surface area contributed by atoms with Crippen LogP contribution in [0.25, 0.3) is 21.9 Å². The van der Waals surface area contributed by atoms with Crippen LogP contribution in [0.2, 0.25) is 0 Å². The molecule has 0 aliphatic rings. The predicted octanol–water partition coefficient (Wildman–Crippen LogP) is 6.21. The number of nitrogens with two attached hydrogens (primary N) is 1. The highest BCUT2D eigenvalue weighted by Crippen LogP contribution is 2.47. The number of imidazole rings is 1. The topological polar surface area (TPSA) is 140 Å². The van der Waals surface area contributed by atoms with Crippen molar-refractivity contribution >= 4 is 41.5 Å². The highest BCUT2D eigenvalue weighted by Gasteiger charge is 2.41. The molecule has 0 saturated carbocycles. The Morgan fingerprint density at radius 1 is 1.05 bits per heavy atom. The monoisotopic (exact) mass is 611 g/mol. The van der Waals surface area contributed by atoms with Gasteiger partial charge >= 0.3 is 13.7 Å². The molecule has 2 heterocycles. The summed E-state index contributed by atoms with van der Waals surface area (Å²) < 4.78 is 39.7. The molecule has 2 aromatic heterocycles. The van der Waals surface area contributed by atoms with Crippen LogP contribution in [-0.2, 0) is 35.5 Å². The number of aromatic nitrogens is 3. The molecule has 4 aromatic rings. The van der Waals surface area contributed by atoms with Gasteiger partial charge in [-0.1, -0.05) is 50.2 Å². The van der Waals surface area contributed by atoms with Crippen LogP contribution >= 0.6 is 7.75 Å². The van der Waals surface area contributed by atoms with Crippen LogP contribution in [0, 0.1) is 5.92 Å². The number of fused-ring (bicyclic) bond motifs is 3. The molecule has 0 spiro atoms. The molecule has 232 valence electrons. The number of carbonyl (C=O) groups is 1. The summed E-state index contributed by atoms with van der Waals surface area (Å²) in [4.78, 5) is 22.1. The number of rotatable bonds is 14. The van der Waals surface area contributed by atoms with Crippen molar-refractivity contribution in [3.63, 3.8) is 0 Å². The third-order valence-electron chi connectivity index (χ3n) is 7.33. The Balaban J connectivity index is 1.81. The van der Waals surface area contributed by atoms with Crippen molar-refractivity contribution in [3.05, 3.63) is 60.4 Å². The SMILES string of the molecule is CCOCc1nc2c(N)nc3ccccc3c2n1C(C)(CO[P@@](=O)(N[C@@H](C)C(=O)OC(C)C)Oc1ccccc1)C(C)C. The first kappa shape index (κ1) is 32.4. The number of nitrogen functional groups attached to an aromatic ring is 1. The van der Waals surface area contributed by atoms with Gasteiger partial charge in [-0.3, -0.25) is 9.32 Å². The van der Waals surface area contributed by atoms with E-state index in [0.29, 0.717) is 29.5 Å². The van der Waals surface area contributed by atoms with Gasteiger partial charge in [0, 0.05) is 12.0 Å². The fourth-order valence-corrected chi connectivity index (χ4v) is 6.32. The van der Waals surface area contributed by atoms with Crippen LogP contribution in [0.4, 0.5) is 5.82 Å². The van der Waals surface area contributed by atoms with Gasteiger partial charge in [-0.05, 0) is 58.7 Å². The Kier molecular flexibility index (Phi) is 10.1. The minimum absolute atomic E-state index is 0.0630. The lowest BCUT2D eigenvalue weighted by Gasteiger charge is -2.38. The number of anilines is 1. The van der Waals surface area contributed by atoms with E-state index in [0.717, 1.165) is 16.4 Å². The van der Waals surface area contributed by atoms with Crippen molar-refractivity contribution in [2.75, 3.05) is 18.9 Å². The Morgan fingerprint density at radius 2 is 1.72 bits per heavy atom. The first-order valence-electron chi connectivity index (χ1n) is 14.5. The summed E-state index contributed by atoms with van der Waals surface area (Å²) in [5.74, 6) is 0.615. The molecule has 2 aromatic carbocycles. The maximum atomic E-state index is 14.4. The summed E-state index contributed by atoms with van der Waals surface area (Å²) in [6.45, 7) is 13.7.